The van der Waals surface area contributed by atoms with E-state index in [0.29, 0.717) is 23.4 Å². The summed E-state index contributed by atoms with van der Waals surface area (Å²) in [5.74, 6) is 0.179. The molecule has 2 aromatic rings. The van der Waals surface area contributed by atoms with Gasteiger partial charge in [-0.1, -0.05) is 17.8 Å². The average Bonchev–Trinajstić information content (AvgIpc) is 2.87. The van der Waals surface area contributed by atoms with Crippen molar-refractivity contribution >= 4 is 34.3 Å². The summed E-state index contributed by atoms with van der Waals surface area (Å²) in [5, 5.41) is 0.235. The Morgan fingerprint density at radius 2 is 2.32 bits per heavy atom. The van der Waals surface area contributed by atoms with E-state index in [0.717, 1.165) is 22.7 Å². The van der Waals surface area contributed by atoms with E-state index < -0.39 is 11.2 Å². The fourth-order valence-electron chi connectivity index (χ4n) is 1.92. The lowest BCUT2D eigenvalue weighted by Gasteiger charge is -2.11. The average molecular weight is 279 g/mol. The van der Waals surface area contributed by atoms with Crippen LogP contribution in [-0.4, -0.2) is 23.9 Å². The topological polar surface area (TPSA) is 82.5 Å². The summed E-state index contributed by atoms with van der Waals surface area (Å²) in [6.45, 7) is 0. The number of ether oxygens (including phenoxy) is 1. The second-order valence-electron chi connectivity index (χ2n) is 3.92. The predicted octanol–water partition coefficient (Wildman–Crippen LogP) is 1.76. The fourth-order valence-corrected chi connectivity index (χ4v) is 2.46. The predicted molar refractivity (Wildman–Crippen MR) is 73.8 cm³/mol. The Labute approximate surface area is 114 Å². The maximum absolute atomic E-state index is 11.3. The summed E-state index contributed by atoms with van der Waals surface area (Å²) in [4.78, 5) is 21.8. The molecule has 1 unspecified atom stereocenters. The van der Waals surface area contributed by atoms with Gasteiger partial charge in [0.05, 0.1) is 24.0 Å². The number of carbonyl (C=O) groups excluding carboxylic acids is 2. The summed E-state index contributed by atoms with van der Waals surface area (Å²) in [6.07, 6.45) is 1.90. The van der Waals surface area contributed by atoms with Crippen molar-refractivity contribution in [3.63, 3.8) is 0 Å². The molecule has 0 fully saturated rings. The number of carbonyl (C=O) groups is 2. The zero-order chi connectivity index (χ0) is 13.8. The number of nitrogens with two attached hydrogens (primary N) is 1. The molecule has 100 valence electrons. The van der Waals surface area contributed by atoms with Gasteiger partial charge in [0.25, 0.3) is 0 Å². The zero-order valence-corrected chi connectivity index (χ0v) is 11.1. The van der Waals surface area contributed by atoms with E-state index in [4.69, 9.17) is 14.9 Å². The van der Waals surface area contributed by atoms with E-state index in [1.807, 2.05) is 6.07 Å². The summed E-state index contributed by atoms with van der Waals surface area (Å²) in [6, 6.07) is 5.41. The Morgan fingerprint density at radius 1 is 1.53 bits per heavy atom. The van der Waals surface area contributed by atoms with Gasteiger partial charge in [0, 0.05) is 0 Å². The molecule has 0 aliphatic carbocycles. The minimum Gasteiger partial charge on any atom is -0.496 e. The highest BCUT2D eigenvalue weighted by Gasteiger charge is 2.19. The number of methoxy groups -OCH3 is 1. The van der Waals surface area contributed by atoms with Gasteiger partial charge in [-0.25, -0.2) is 0 Å². The second-order valence-corrected chi connectivity index (χ2v) is 4.95. The van der Waals surface area contributed by atoms with Gasteiger partial charge in [0.2, 0.25) is 5.91 Å². The Bertz CT molecular complexity index is 608. The van der Waals surface area contributed by atoms with Crippen LogP contribution in [0.2, 0.25) is 0 Å². The molecule has 0 aliphatic rings. The lowest BCUT2D eigenvalue weighted by atomic mass is 10.1. The number of furan rings is 1. The molecule has 1 aromatic carbocycles. The van der Waals surface area contributed by atoms with Crippen LogP contribution < -0.4 is 10.5 Å². The van der Waals surface area contributed by atoms with E-state index in [1.165, 1.54) is 0 Å². The number of hydrogen-bond acceptors (Lipinski definition) is 5. The van der Waals surface area contributed by atoms with Crippen molar-refractivity contribution in [2.45, 2.75) is 11.7 Å². The third-order valence-corrected chi connectivity index (χ3v) is 3.66. The molecule has 1 amide bonds. The first-order chi connectivity index (χ1) is 9.17. The van der Waals surface area contributed by atoms with E-state index in [2.05, 4.69) is 0 Å². The third kappa shape index (κ3) is 2.73. The highest BCUT2D eigenvalue weighted by Crippen LogP contribution is 2.31. The van der Waals surface area contributed by atoms with Crippen LogP contribution >= 0.6 is 11.8 Å². The molecule has 0 spiro atoms. The molecule has 0 saturated heterocycles. The van der Waals surface area contributed by atoms with E-state index in [1.54, 1.807) is 25.5 Å². The van der Waals surface area contributed by atoms with Crippen molar-refractivity contribution in [1.29, 1.82) is 0 Å². The molecule has 1 heterocycles. The van der Waals surface area contributed by atoms with Crippen LogP contribution in [0.25, 0.3) is 11.0 Å². The highest BCUT2D eigenvalue weighted by atomic mass is 32.2. The van der Waals surface area contributed by atoms with Crippen LogP contribution in [0.15, 0.2) is 28.9 Å². The summed E-state index contributed by atoms with van der Waals surface area (Å²) in [5.41, 5.74) is 7.36. The molecule has 2 N–H and O–H groups in total. The Balaban J connectivity index is 2.37. The standard InChI is InChI=1S/C13H13NO4S/c1-17-10-3-2-8(12-9(10)4-5-18-12)6-11(13(14)16)19-7-15/h2-5,7,11H,6H2,1H3,(H2,14,16). The molecular formula is C13H13NO4S. The zero-order valence-electron chi connectivity index (χ0n) is 10.3. The molecule has 0 radical (unpaired) electrons. The summed E-state index contributed by atoms with van der Waals surface area (Å²) < 4.78 is 10.6. The third-order valence-electron chi connectivity index (χ3n) is 2.82. The molecule has 5 nitrogen and oxygen atoms in total. The van der Waals surface area contributed by atoms with Gasteiger partial charge >= 0.3 is 0 Å². The lowest BCUT2D eigenvalue weighted by Crippen LogP contribution is -2.27. The van der Waals surface area contributed by atoms with E-state index in [-0.39, 0.29) is 0 Å². The number of rotatable bonds is 6. The van der Waals surface area contributed by atoms with Crippen molar-refractivity contribution < 1.29 is 18.7 Å². The normalized spacial score (nSPS) is 12.3. The van der Waals surface area contributed by atoms with Crippen molar-refractivity contribution in [1.82, 2.24) is 0 Å². The van der Waals surface area contributed by atoms with Crippen LogP contribution in [0.3, 0.4) is 0 Å². The number of thioether (sulfide) groups is 1. The van der Waals surface area contributed by atoms with Gasteiger partial charge in [0.1, 0.15) is 11.3 Å². The van der Waals surface area contributed by atoms with Crippen molar-refractivity contribution in [2.75, 3.05) is 7.11 Å². The first kappa shape index (κ1) is 13.5. The molecule has 1 aromatic heterocycles. The van der Waals surface area contributed by atoms with Gasteiger partial charge in [-0.15, -0.1) is 0 Å². The minimum absolute atomic E-state index is 0.340. The molecule has 0 aliphatic heterocycles. The van der Waals surface area contributed by atoms with Crippen LogP contribution in [0.5, 0.6) is 5.75 Å². The fraction of sp³-hybridized carbons (Fsp3) is 0.231. The number of benzene rings is 1. The Morgan fingerprint density at radius 3 is 2.95 bits per heavy atom. The van der Waals surface area contributed by atoms with Gasteiger partial charge in [-0.2, -0.15) is 0 Å². The number of hydrogen-bond donors (Lipinski definition) is 1. The Kier molecular flexibility index (Phi) is 4.11. The van der Waals surface area contributed by atoms with Crippen molar-refractivity contribution in [2.24, 2.45) is 5.73 Å². The number of primary amides is 1. The van der Waals surface area contributed by atoms with Gasteiger partial charge in [-0.3, -0.25) is 9.59 Å². The Hall–Kier alpha value is -1.95. The quantitative estimate of drug-likeness (QED) is 0.815. The van der Waals surface area contributed by atoms with E-state index >= 15 is 0 Å². The number of amides is 1. The highest BCUT2D eigenvalue weighted by molar-refractivity contribution is 8.13. The van der Waals surface area contributed by atoms with Crippen LogP contribution in [0.1, 0.15) is 5.56 Å². The maximum Gasteiger partial charge on any atom is 0.231 e. The minimum atomic E-state index is -0.598. The monoisotopic (exact) mass is 279 g/mol. The molecule has 19 heavy (non-hydrogen) atoms. The van der Waals surface area contributed by atoms with Gasteiger partial charge in [-0.05, 0) is 24.1 Å². The second kappa shape index (κ2) is 5.79. The van der Waals surface area contributed by atoms with Crippen LogP contribution in [-0.2, 0) is 16.0 Å². The van der Waals surface area contributed by atoms with Gasteiger partial charge in [0.15, 0.2) is 5.62 Å². The molecule has 0 bridgehead atoms. The maximum atomic E-state index is 11.3. The molecule has 2 rings (SSSR count). The van der Waals surface area contributed by atoms with Crippen molar-refractivity contribution in [3.05, 3.63) is 30.0 Å². The molecule has 0 saturated carbocycles. The van der Waals surface area contributed by atoms with E-state index in [9.17, 15) is 9.59 Å². The number of fused-ring (bicyclic) bond motifs is 1. The SMILES string of the molecule is COc1ccc(CC(SC=O)C(N)=O)c2occc12. The van der Waals surface area contributed by atoms with Crippen molar-refractivity contribution in [3.8, 4) is 5.75 Å². The van der Waals surface area contributed by atoms with Gasteiger partial charge < -0.3 is 14.9 Å². The smallest absolute Gasteiger partial charge is 0.231 e. The largest absolute Gasteiger partial charge is 0.496 e. The molecule has 6 heteroatoms. The van der Waals surface area contributed by atoms with Crippen LogP contribution in [0, 0.1) is 0 Å². The first-order valence-electron chi connectivity index (χ1n) is 5.59. The molecule has 1 atom stereocenters. The first-order valence-corrected chi connectivity index (χ1v) is 6.53. The molecular weight excluding hydrogens is 266 g/mol. The van der Waals surface area contributed by atoms with Crippen LogP contribution in [0.4, 0.5) is 0 Å². The lowest BCUT2D eigenvalue weighted by molar-refractivity contribution is -0.117. The summed E-state index contributed by atoms with van der Waals surface area (Å²) >= 11 is 0.872. The summed E-state index contributed by atoms with van der Waals surface area (Å²) in [7, 11) is 1.58.